The zero-order chi connectivity index (χ0) is 10.1. The van der Waals surface area contributed by atoms with Crippen molar-refractivity contribution in [3.63, 3.8) is 0 Å². The van der Waals surface area contributed by atoms with Gasteiger partial charge in [0.2, 0.25) is 5.91 Å². The number of oxime groups is 1. The van der Waals surface area contributed by atoms with Crippen molar-refractivity contribution in [2.75, 3.05) is 7.05 Å². The van der Waals surface area contributed by atoms with Gasteiger partial charge in [0.15, 0.2) is 0 Å². The fourth-order valence-electron chi connectivity index (χ4n) is 2.61. The molecular weight excluding hydrogens is 180 g/mol. The summed E-state index contributed by atoms with van der Waals surface area (Å²) in [5.74, 6) is 0.841. The van der Waals surface area contributed by atoms with E-state index in [1.54, 1.807) is 0 Å². The van der Waals surface area contributed by atoms with Crippen LogP contribution in [0.3, 0.4) is 0 Å². The third-order valence-electron chi connectivity index (χ3n) is 3.55. The molecule has 1 aliphatic heterocycles. The highest BCUT2D eigenvalue weighted by molar-refractivity contribution is 5.86. The monoisotopic (exact) mass is 196 g/mol. The van der Waals surface area contributed by atoms with Crippen molar-refractivity contribution >= 4 is 11.6 Å². The Morgan fingerprint density at radius 1 is 1.43 bits per heavy atom. The van der Waals surface area contributed by atoms with E-state index < -0.39 is 0 Å². The molecular formula is C10H16N2O2. The Kier molecular flexibility index (Phi) is 2.44. The molecule has 2 fully saturated rings. The van der Waals surface area contributed by atoms with Gasteiger partial charge in [-0.05, 0) is 25.2 Å². The second-order valence-corrected chi connectivity index (χ2v) is 4.28. The molecule has 1 saturated heterocycles. The van der Waals surface area contributed by atoms with Crippen LogP contribution in [-0.2, 0) is 4.79 Å². The molecule has 4 nitrogen and oxygen atoms in total. The maximum Gasteiger partial charge on any atom is 0.222 e. The molecule has 0 bridgehead atoms. The van der Waals surface area contributed by atoms with Gasteiger partial charge in [0, 0.05) is 25.9 Å². The first-order valence-electron chi connectivity index (χ1n) is 5.18. The summed E-state index contributed by atoms with van der Waals surface area (Å²) in [6.45, 7) is 0. The van der Waals surface area contributed by atoms with Gasteiger partial charge in [-0.3, -0.25) is 4.79 Å². The lowest BCUT2D eigenvalue weighted by Crippen LogP contribution is -2.49. The predicted octanol–water partition coefficient (Wildman–Crippen LogP) is 1.24. The molecule has 2 aliphatic rings. The Balaban J connectivity index is 2.12. The van der Waals surface area contributed by atoms with Crippen LogP contribution in [0.1, 0.15) is 32.1 Å². The lowest BCUT2D eigenvalue weighted by atomic mass is 9.77. The van der Waals surface area contributed by atoms with Crippen molar-refractivity contribution in [3.8, 4) is 0 Å². The van der Waals surface area contributed by atoms with Gasteiger partial charge in [-0.15, -0.1) is 0 Å². The fraction of sp³-hybridized carbons (Fsp3) is 0.800. The summed E-state index contributed by atoms with van der Waals surface area (Å²) in [6, 6.07) is 0.274. The standard InChI is InChI=1S/C10H16N2O2/c1-12-9-6-8(11-14)4-2-7(9)3-5-10(12)13/h7,9,14H,2-6H2,1H3/b11-8+/t7-,9-/m0/s1. The lowest BCUT2D eigenvalue weighted by molar-refractivity contribution is -0.136. The van der Waals surface area contributed by atoms with Crippen molar-refractivity contribution in [3.05, 3.63) is 0 Å². The van der Waals surface area contributed by atoms with Crippen LogP contribution in [0.15, 0.2) is 5.16 Å². The van der Waals surface area contributed by atoms with E-state index in [1.807, 2.05) is 11.9 Å². The number of likely N-dealkylation sites (tertiary alicyclic amines) is 1. The molecule has 0 aromatic heterocycles. The highest BCUT2D eigenvalue weighted by atomic mass is 16.4. The zero-order valence-corrected chi connectivity index (χ0v) is 8.44. The number of hydrogen-bond acceptors (Lipinski definition) is 3. The Hall–Kier alpha value is -1.06. The van der Waals surface area contributed by atoms with Crippen LogP contribution in [-0.4, -0.2) is 34.8 Å². The minimum Gasteiger partial charge on any atom is -0.411 e. The summed E-state index contributed by atoms with van der Waals surface area (Å²) in [5, 5.41) is 12.0. The first-order valence-corrected chi connectivity index (χ1v) is 5.18. The van der Waals surface area contributed by atoms with Crippen LogP contribution in [0, 0.1) is 5.92 Å². The SMILES string of the molecule is CN1C(=O)CC[C@@H]2CC/C(=N\O)C[C@@H]21. The number of fused-ring (bicyclic) bond motifs is 1. The molecule has 78 valence electrons. The molecule has 1 saturated carbocycles. The number of piperidine rings is 1. The van der Waals surface area contributed by atoms with Gasteiger partial charge in [-0.25, -0.2) is 0 Å². The topological polar surface area (TPSA) is 52.9 Å². The summed E-state index contributed by atoms with van der Waals surface area (Å²) in [7, 11) is 1.86. The highest BCUT2D eigenvalue weighted by Gasteiger charge is 2.36. The number of carbonyl (C=O) groups is 1. The maximum absolute atomic E-state index is 11.5. The predicted molar refractivity (Wildman–Crippen MR) is 52.4 cm³/mol. The average Bonchev–Trinajstić information content (AvgIpc) is 2.23. The third kappa shape index (κ3) is 1.49. The van der Waals surface area contributed by atoms with Gasteiger partial charge in [0.05, 0.1) is 5.71 Å². The minimum atomic E-state index is 0.227. The molecule has 1 amide bonds. The van der Waals surface area contributed by atoms with Crippen molar-refractivity contribution in [1.82, 2.24) is 4.90 Å². The Bertz CT molecular complexity index is 275. The number of hydrogen-bond donors (Lipinski definition) is 1. The van der Waals surface area contributed by atoms with Crippen molar-refractivity contribution in [1.29, 1.82) is 0 Å². The summed E-state index contributed by atoms with van der Waals surface area (Å²) in [6.07, 6.45) is 4.39. The van der Waals surface area contributed by atoms with Gasteiger partial charge in [-0.1, -0.05) is 5.16 Å². The molecule has 0 aromatic carbocycles. The normalized spacial score (nSPS) is 35.9. The molecule has 1 aliphatic carbocycles. The van der Waals surface area contributed by atoms with Crippen LogP contribution in [0.4, 0.5) is 0 Å². The van der Waals surface area contributed by atoms with Gasteiger partial charge >= 0.3 is 0 Å². The van der Waals surface area contributed by atoms with E-state index in [2.05, 4.69) is 5.16 Å². The Labute approximate surface area is 83.6 Å². The molecule has 2 rings (SSSR count). The molecule has 0 unspecified atom stereocenters. The maximum atomic E-state index is 11.5. The zero-order valence-electron chi connectivity index (χ0n) is 8.44. The molecule has 0 aromatic rings. The molecule has 2 atom stereocenters. The first-order chi connectivity index (χ1) is 6.72. The second kappa shape index (κ2) is 3.59. The lowest BCUT2D eigenvalue weighted by Gasteiger charge is -2.42. The number of carbonyl (C=O) groups excluding carboxylic acids is 1. The van der Waals surface area contributed by atoms with Gasteiger partial charge < -0.3 is 10.1 Å². The molecule has 1 heterocycles. The van der Waals surface area contributed by atoms with E-state index in [4.69, 9.17) is 5.21 Å². The molecule has 1 N–H and O–H groups in total. The van der Waals surface area contributed by atoms with Crippen LogP contribution in [0.25, 0.3) is 0 Å². The van der Waals surface area contributed by atoms with Crippen LogP contribution in [0.5, 0.6) is 0 Å². The fourth-order valence-corrected chi connectivity index (χ4v) is 2.61. The second-order valence-electron chi connectivity index (χ2n) is 4.28. The van der Waals surface area contributed by atoms with Crippen LogP contribution < -0.4 is 0 Å². The average molecular weight is 196 g/mol. The summed E-state index contributed by atoms with van der Waals surface area (Å²) >= 11 is 0. The first kappa shape index (κ1) is 9.49. The van der Waals surface area contributed by atoms with E-state index in [-0.39, 0.29) is 11.9 Å². The van der Waals surface area contributed by atoms with Gasteiger partial charge in [0.25, 0.3) is 0 Å². The van der Waals surface area contributed by atoms with Gasteiger partial charge in [0.1, 0.15) is 0 Å². The third-order valence-corrected chi connectivity index (χ3v) is 3.55. The van der Waals surface area contributed by atoms with E-state index in [0.29, 0.717) is 12.3 Å². The number of rotatable bonds is 0. The number of nitrogens with zero attached hydrogens (tertiary/aromatic N) is 2. The highest BCUT2D eigenvalue weighted by Crippen LogP contribution is 2.33. The van der Waals surface area contributed by atoms with Crippen LogP contribution >= 0.6 is 0 Å². The van der Waals surface area contributed by atoms with E-state index in [9.17, 15) is 4.79 Å². The Morgan fingerprint density at radius 2 is 2.14 bits per heavy atom. The van der Waals surface area contributed by atoms with Crippen molar-refractivity contribution in [2.45, 2.75) is 38.1 Å². The summed E-state index contributed by atoms with van der Waals surface area (Å²) in [4.78, 5) is 13.3. The van der Waals surface area contributed by atoms with Crippen LogP contribution in [0.2, 0.25) is 0 Å². The van der Waals surface area contributed by atoms with Crippen molar-refractivity contribution in [2.24, 2.45) is 11.1 Å². The van der Waals surface area contributed by atoms with E-state index in [0.717, 1.165) is 31.4 Å². The van der Waals surface area contributed by atoms with E-state index in [1.165, 1.54) is 0 Å². The molecule has 14 heavy (non-hydrogen) atoms. The quantitative estimate of drug-likeness (QED) is 0.468. The number of amides is 1. The molecule has 4 heteroatoms. The Morgan fingerprint density at radius 3 is 2.86 bits per heavy atom. The smallest absolute Gasteiger partial charge is 0.222 e. The largest absolute Gasteiger partial charge is 0.411 e. The minimum absolute atomic E-state index is 0.227. The molecule has 0 spiro atoms. The van der Waals surface area contributed by atoms with Crippen molar-refractivity contribution < 1.29 is 10.0 Å². The van der Waals surface area contributed by atoms with Gasteiger partial charge in [-0.2, -0.15) is 0 Å². The summed E-state index contributed by atoms with van der Waals surface area (Å²) in [5.41, 5.74) is 0.841. The molecule has 0 radical (unpaired) electrons. The van der Waals surface area contributed by atoms with E-state index >= 15 is 0 Å². The summed E-state index contributed by atoms with van der Waals surface area (Å²) < 4.78 is 0.